The van der Waals surface area contributed by atoms with Crippen LogP contribution in [-0.4, -0.2) is 18.4 Å². The number of benzene rings is 1. The first-order chi connectivity index (χ1) is 8.75. The van der Waals surface area contributed by atoms with Gasteiger partial charge in [-0.25, -0.2) is 0 Å². The molecule has 0 saturated heterocycles. The van der Waals surface area contributed by atoms with Crippen LogP contribution in [0.25, 0.3) is 0 Å². The van der Waals surface area contributed by atoms with Crippen LogP contribution in [-0.2, 0) is 15.1 Å². The minimum absolute atomic E-state index is 0.0826. The van der Waals surface area contributed by atoms with Crippen LogP contribution < -0.4 is 0 Å². The van der Waals surface area contributed by atoms with E-state index in [0.29, 0.717) is 0 Å². The first-order valence-electron chi connectivity index (χ1n) is 5.09. The number of carbonyl (C=O) groups is 1. The van der Waals surface area contributed by atoms with Gasteiger partial charge in [0.25, 0.3) is 0 Å². The van der Waals surface area contributed by atoms with Crippen molar-refractivity contribution in [3.8, 4) is 6.07 Å². The molecule has 0 bridgehead atoms. The molecule has 1 unspecified atom stereocenters. The maximum Gasteiger partial charge on any atom is 0.446 e. The van der Waals surface area contributed by atoms with E-state index in [-0.39, 0.29) is 22.2 Å². The molecule has 0 N–H and O–H groups in total. The SMILES string of the molecule is COC(C#N)(C(C)=O)c1cccc(SC(F)(F)F)c1. The van der Waals surface area contributed by atoms with Gasteiger partial charge in [0.1, 0.15) is 6.07 Å². The molecule has 1 aromatic rings. The second-order valence-corrected chi connectivity index (χ2v) is 4.77. The number of Topliss-reactive ketones (excluding diaryl/α,β-unsaturated/α-hetero) is 1. The quantitative estimate of drug-likeness (QED) is 0.798. The fourth-order valence-corrected chi connectivity index (χ4v) is 2.17. The van der Waals surface area contributed by atoms with Gasteiger partial charge in [0.2, 0.25) is 5.60 Å². The van der Waals surface area contributed by atoms with Gasteiger partial charge in [0.05, 0.1) is 0 Å². The van der Waals surface area contributed by atoms with E-state index in [9.17, 15) is 18.0 Å². The van der Waals surface area contributed by atoms with Gasteiger partial charge in [-0.3, -0.25) is 4.79 Å². The van der Waals surface area contributed by atoms with Gasteiger partial charge in [-0.05, 0) is 30.8 Å². The second kappa shape index (κ2) is 5.63. The number of methoxy groups -OCH3 is 1. The summed E-state index contributed by atoms with van der Waals surface area (Å²) in [5.74, 6) is -0.591. The van der Waals surface area contributed by atoms with Crippen molar-refractivity contribution in [1.82, 2.24) is 0 Å². The number of halogens is 3. The maximum absolute atomic E-state index is 12.3. The lowest BCUT2D eigenvalue weighted by molar-refractivity contribution is -0.133. The number of nitrogens with zero attached hydrogens (tertiary/aromatic N) is 1. The Morgan fingerprint density at radius 1 is 1.42 bits per heavy atom. The summed E-state index contributed by atoms with van der Waals surface area (Å²) in [6.07, 6.45) is 0. The van der Waals surface area contributed by atoms with Crippen LogP contribution in [0.2, 0.25) is 0 Å². The predicted octanol–water partition coefficient (Wildman–Crippen LogP) is 3.25. The largest absolute Gasteiger partial charge is 0.446 e. The van der Waals surface area contributed by atoms with E-state index in [4.69, 9.17) is 10.00 Å². The maximum atomic E-state index is 12.3. The molecule has 0 spiro atoms. The van der Waals surface area contributed by atoms with Gasteiger partial charge in [0, 0.05) is 17.6 Å². The summed E-state index contributed by atoms with van der Waals surface area (Å²) in [4.78, 5) is 11.4. The molecule has 1 atom stereocenters. The van der Waals surface area contributed by atoms with Crippen LogP contribution in [0.15, 0.2) is 29.2 Å². The fourth-order valence-electron chi connectivity index (χ4n) is 1.57. The molecule has 0 heterocycles. The molecule has 1 rings (SSSR count). The van der Waals surface area contributed by atoms with Crippen molar-refractivity contribution in [2.24, 2.45) is 0 Å². The van der Waals surface area contributed by atoms with E-state index in [2.05, 4.69) is 0 Å². The fraction of sp³-hybridized carbons (Fsp3) is 0.333. The first kappa shape index (κ1) is 15.5. The summed E-state index contributed by atoms with van der Waals surface area (Å²) in [7, 11) is 1.16. The number of thioether (sulfide) groups is 1. The van der Waals surface area contributed by atoms with E-state index in [1.54, 1.807) is 6.07 Å². The van der Waals surface area contributed by atoms with E-state index in [1.165, 1.54) is 18.2 Å². The van der Waals surface area contributed by atoms with E-state index in [0.717, 1.165) is 20.1 Å². The Balaban J connectivity index is 3.25. The number of alkyl halides is 3. The van der Waals surface area contributed by atoms with Gasteiger partial charge in [-0.2, -0.15) is 18.4 Å². The minimum atomic E-state index is -4.43. The highest BCUT2D eigenvalue weighted by Crippen LogP contribution is 2.38. The summed E-state index contributed by atoms with van der Waals surface area (Å²) < 4.78 is 41.8. The van der Waals surface area contributed by atoms with Crippen LogP contribution in [0.3, 0.4) is 0 Å². The zero-order valence-electron chi connectivity index (χ0n) is 10.1. The van der Waals surface area contributed by atoms with E-state index in [1.807, 2.05) is 0 Å². The topological polar surface area (TPSA) is 50.1 Å². The molecule has 102 valence electrons. The number of hydrogen-bond acceptors (Lipinski definition) is 4. The van der Waals surface area contributed by atoms with Crippen molar-refractivity contribution >= 4 is 17.5 Å². The zero-order valence-corrected chi connectivity index (χ0v) is 10.9. The Kier molecular flexibility index (Phi) is 4.61. The van der Waals surface area contributed by atoms with Crippen molar-refractivity contribution in [2.75, 3.05) is 7.11 Å². The number of nitriles is 1. The summed E-state index contributed by atoms with van der Waals surface area (Å²) >= 11 is -0.313. The lowest BCUT2D eigenvalue weighted by Gasteiger charge is -2.22. The second-order valence-electron chi connectivity index (χ2n) is 3.63. The number of hydrogen-bond donors (Lipinski definition) is 0. The Labute approximate surface area is 112 Å². The average molecular weight is 289 g/mol. The molecule has 1 aromatic carbocycles. The number of ketones is 1. The van der Waals surface area contributed by atoms with Gasteiger partial charge >= 0.3 is 5.51 Å². The molecular weight excluding hydrogens is 279 g/mol. The molecule has 0 aromatic heterocycles. The molecule has 0 aliphatic rings. The molecule has 0 fully saturated rings. The van der Waals surface area contributed by atoms with Crippen LogP contribution >= 0.6 is 11.8 Å². The number of carbonyl (C=O) groups excluding carboxylic acids is 1. The summed E-state index contributed by atoms with van der Waals surface area (Å²) in [6.45, 7) is 1.15. The smallest absolute Gasteiger partial charge is 0.353 e. The first-order valence-corrected chi connectivity index (χ1v) is 5.90. The van der Waals surface area contributed by atoms with Crippen molar-refractivity contribution in [3.63, 3.8) is 0 Å². The minimum Gasteiger partial charge on any atom is -0.353 e. The Hall–Kier alpha value is -1.52. The highest BCUT2D eigenvalue weighted by Gasteiger charge is 2.38. The third kappa shape index (κ3) is 3.49. The molecule has 19 heavy (non-hydrogen) atoms. The number of rotatable bonds is 4. The average Bonchev–Trinajstić information content (AvgIpc) is 2.29. The summed E-state index contributed by atoms with van der Waals surface area (Å²) in [5, 5.41) is 9.10. The van der Waals surface area contributed by atoms with Crippen molar-refractivity contribution < 1.29 is 22.7 Å². The Morgan fingerprint density at radius 2 is 2.05 bits per heavy atom. The molecule has 0 radical (unpaired) electrons. The third-order valence-corrected chi connectivity index (χ3v) is 3.15. The van der Waals surface area contributed by atoms with E-state index < -0.39 is 16.9 Å². The number of ether oxygens (including phenoxy) is 1. The normalized spacial score (nSPS) is 14.5. The molecule has 7 heteroatoms. The van der Waals surface area contributed by atoms with Crippen molar-refractivity contribution in [1.29, 1.82) is 5.26 Å². The lowest BCUT2D eigenvalue weighted by atomic mass is 9.91. The third-order valence-electron chi connectivity index (χ3n) is 2.43. The lowest BCUT2D eigenvalue weighted by Crippen LogP contribution is -2.34. The Bertz CT molecular complexity index is 524. The Morgan fingerprint density at radius 3 is 2.47 bits per heavy atom. The highest BCUT2D eigenvalue weighted by molar-refractivity contribution is 8.00. The molecule has 0 aliphatic heterocycles. The molecule has 0 aliphatic carbocycles. The van der Waals surface area contributed by atoms with Gasteiger partial charge < -0.3 is 4.74 Å². The summed E-state index contributed by atoms with van der Waals surface area (Å²) in [5.41, 5.74) is -6.22. The van der Waals surface area contributed by atoms with Crippen molar-refractivity contribution in [2.45, 2.75) is 22.9 Å². The van der Waals surface area contributed by atoms with Gasteiger partial charge in [0.15, 0.2) is 5.78 Å². The monoisotopic (exact) mass is 289 g/mol. The van der Waals surface area contributed by atoms with Crippen LogP contribution in [0.1, 0.15) is 12.5 Å². The van der Waals surface area contributed by atoms with E-state index >= 15 is 0 Å². The highest BCUT2D eigenvalue weighted by atomic mass is 32.2. The van der Waals surface area contributed by atoms with Crippen molar-refractivity contribution in [3.05, 3.63) is 29.8 Å². The molecular formula is C12H10F3NO2S. The molecule has 3 nitrogen and oxygen atoms in total. The van der Waals surface area contributed by atoms with Crippen LogP contribution in [0, 0.1) is 11.3 Å². The standard InChI is InChI=1S/C12H10F3NO2S/c1-8(17)11(7-16,18-2)9-4-3-5-10(6-9)19-12(13,14)15/h3-6H,1-2H3. The molecule has 0 saturated carbocycles. The molecule has 0 amide bonds. The van der Waals surface area contributed by atoms with Gasteiger partial charge in [-0.15, -0.1) is 0 Å². The zero-order chi connectivity index (χ0) is 14.7. The summed E-state index contributed by atoms with van der Waals surface area (Å²) in [6, 6.07) is 6.82. The van der Waals surface area contributed by atoms with Crippen LogP contribution in [0.4, 0.5) is 13.2 Å². The predicted molar refractivity (Wildman–Crippen MR) is 63.3 cm³/mol. The van der Waals surface area contributed by atoms with Gasteiger partial charge in [-0.1, -0.05) is 12.1 Å². The van der Waals surface area contributed by atoms with Crippen LogP contribution in [0.5, 0.6) is 0 Å².